The molecule has 2 saturated carbocycles. The summed E-state index contributed by atoms with van der Waals surface area (Å²) in [5.41, 5.74) is 3.69. The summed E-state index contributed by atoms with van der Waals surface area (Å²) >= 11 is 0. The highest BCUT2D eigenvalue weighted by Crippen LogP contribution is 2.39. The Kier molecular flexibility index (Phi) is 2.63. The third kappa shape index (κ3) is 2.07. The molecule has 3 rings (SSSR count). The van der Waals surface area contributed by atoms with E-state index in [1.54, 1.807) is 0 Å². The predicted octanol–water partition coefficient (Wildman–Crippen LogP) is 1.91. The van der Waals surface area contributed by atoms with Crippen LogP contribution < -0.4 is 16.6 Å². The molecule has 5 nitrogen and oxygen atoms in total. The van der Waals surface area contributed by atoms with E-state index in [-0.39, 0.29) is 0 Å². The fraction of sp³-hybridized carbons (Fsp3) is 0.667. The zero-order valence-corrected chi connectivity index (χ0v) is 10.2. The lowest BCUT2D eigenvalue weighted by Gasteiger charge is -2.28. The van der Waals surface area contributed by atoms with Gasteiger partial charge in [-0.15, -0.1) is 0 Å². The van der Waals surface area contributed by atoms with Crippen LogP contribution in [0.3, 0.4) is 0 Å². The molecule has 0 spiro atoms. The van der Waals surface area contributed by atoms with Gasteiger partial charge in [0.2, 0.25) is 0 Å². The van der Waals surface area contributed by atoms with Crippen molar-refractivity contribution in [3.63, 3.8) is 0 Å². The molecule has 0 bridgehead atoms. The molecule has 0 saturated heterocycles. The van der Waals surface area contributed by atoms with Crippen LogP contribution in [0.15, 0.2) is 0 Å². The van der Waals surface area contributed by atoms with Gasteiger partial charge in [-0.3, -0.25) is 0 Å². The molecule has 4 N–H and O–H groups in total. The summed E-state index contributed by atoms with van der Waals surface area (Å²) in [6.45, 7) is 2.01. The van der Waals surface area contributed by atoms with Gasteiger partial charge in [-0.25, -0.2) is 15.8 Å². The number of aromatic nitrogens is 2. The molecule has 0 aliphatic heterocycles. The number of hydrazine groups is 1. The number of hydrogen-bond acceptors (Lipinski definition) is 5. The Morgan fingerprint density at radius 2 is 1.82 bits per heavy atom. The Balaban J connectivity index is 1.89. The highest BCUT2D eigenvalue weighted by atomic mass is 15.3. The Morgan fingerprint density at radius 3 is 2.35 bits per heavy atom. The van der Waals surface area contributed by atoms with Gasteiger partial charge < -0.3 is 10.7 Å². The van der Waals surface area contributed by atoms with Gasteiger partial charge in [-0.2, -0.15) is 0 Å². The highest BCUT2D eigenvalue weighted by molar-refractivity contribution is 5.57. The van der Waals surface area contributed by atoms with Crippen molar-refractivity contribution in [1.82, 2.24) is 9.97 Å². The van der Waals surface area contributed by atoms with Crippen molar-refractivity contribution in [2.75, 3.05) is 10.7 Å². The molecule has 0 atom stereocenters. The molecule has 5 heteroatoms. The Morgan fingerprint density at radius 1 is 1.12 bits per heavy atom. The van der Waals surface area contributed by atoms with Crippen molar-refractivity contribution < 1.29 is 0 Å². The minimum Gasteiger partial charge on any atom is -0.367 e. The standard InChI is InChI=1S/C12H19N5/c1-7-10(14-9-3-2-4-9)15-12(8-5-6-8)16-11(7)17-13/h8-9H,2-6,13H2,1H3,(H2,14,15,16,17). The molecule has 92 valence electrons. The normalized spacial score (nSPS) is 19.9. The molecule has 0 radical (unpaired) electrons. The second-order valence-electron chi connectivity index (χ2n) is 5.09. The average Bonchev–Trinajstić information content (AvgIpc) is 3.09. The Labute approximate surface area is 101 Å². The topological polar surface area (TPSA) is 75.9 Å². The van der Waals surface area contributed by atoms with Crippen LogP contribution >= 0.6 is 0 Å². The monoisotopic (exact) mass is 233 g/mol. The zero-order chi connectivity index (χ0) is 11.8. The maximum absolute atomic E-state index is 5.52. The van der Waals surface area contributed by atoms with Crippen molar-refractivity contribution in [3.05, 3.63) is 11.4 Å². The minimum absolute atomic E-state index is 0.546. The number of nitrogens with two attached hydrogens (primary N) is 1. The maximum Gasteiger partial charge on any atom is 0.148 e. The molecule has 1 aromatic rings. The first-order chi connectivity index (χ1) is 8.28. The van der Waals surface area contributed by atoms with Crippen molar-refractivity contribution >= 4 is 11.6 Å². The first-order valence-electron chi connectivity index (χ1n) is 6.39. The van der Waals surface area contributed by atoms with E-state index in [4.69, 9.17) is 5.84 Å². The SMILES string of the molecule is Cc1c(NN)nc(C2CC2)nc1NC1CCC1. The molecule has 1 heterocycles. The van der Waals surface area contributed by atoms with Gasteiger partial charge in [0.25, 0.3) is 0 Å². The van der Waals surface area contributed by atoms with Crippen LogP contribution in [-0.2, 0) is 0 Å². The second kappa shape index (κ2) is 4.14. The van der Waals surface area contributed by atoms with E-state index >= 15 is 0 Å². The molecule has 0 aromatic carbocycles. The smallest absolute Gasteiger partial charge is 0.148 e. The van der Waals surface area contributed by atoms with Crippen molar-refractivity contribution in [1.29, 1.82) is 0 Å². The van der Waals surface area contributed by atoms with E-state index in [1.807, 2.05) is 6.92 Å². The lowest BCUT2D eigenvalue weighted by molar-refractivity contribution is 0.444. The lowest BCUT2D eigenvalue weighted by Crippen LogP contribution is -2.28. The van der Waals surface area contributed by atoms with Gasteiger partial charge in [0.05, 0.1) is 0 Å². The van der Waals surface area contributed by atoms with Crippen LogP contribution in [0.25, 0.3) is 0 Å². The summed E-state index contributed by atoms with van der Waals surface area (Å²) < 4.78 is 0. The van der Waals surface area contributed by atoms with E-state index in [2.05, 4.69) is 20.7 Å². The molecular formula is C12H19N5. The number of anilines is 2. The average molecular weight is 233 g/mol. The van der Waals surface area contributed by atoms with Crippen LogP contribution in [0.2, 0.25) is 0 Å². The van der Waals surface area contributed by atoms with E-state index in [0.717, 1.165) is 23.0 Å². The van der Waals surface area contributed by atoms with Crippen LogP contribution in [0.4, 0.5) is 11.6 Å². The Bertz CT molecular complexity index is 423. The van der Waals surface area contributed by atoms with Gasteiger partial charge in [0.1, 0.15) is 17.5 Å². The highest BCUT2D eigenvalue weighted by Gasteiger charge is 2.29. The fourth-order valence-corrected chi connectivity index (χ4v) is 2.09. The van der Waals surface area contributed by atoms with Gasteiger partial charge in [0, 0.05) is 17.5 Å². The van der Waals surface area contributed by atoms with Gasteiger partial charge >= 0.3 is 0 Å². The third-order valence-corrected chi connectivity index (χ3v) is 3.69. The van der Waals surface area contributed by atoms with Crippen LogP contribution in [0, 0.1) is 6.92 Å². The van der Waals surface area contributed by atoms with Crippen molar-refractivity contribution in [3.8, 4) is 0 Å². The van der Waals surface area contributed by atoms with Crippen LogP contribution in [0.1, 0.15) is 49.4 Å². The molecule has 17 heavy (non-hydrogen) atoms. The predicted molar refractivity (Wildman–Crippen MR) is 67.8 cm³/mol. The molecular weight excluding hydrogens is 214 g/mol. The number of rotatable bonds is 4. The van der Waals surface area contributed by atoms with Gasteiger partial charge in [-0.05, 0) is 39.0 Å². The number of hydrogen-bond donors (Lipinski definition) is 3. The summed E-state index contributed by atoms with van der Waals surface area (Å²) in [6.07, 6.45) is 6.21. The first-order valence-corrected chi connectivity index (χ1v) is 6.39. The van der Waals surface area contributed by atoms with Crippen molar-refractivity contribution in [2.45, 2.75) is 51.0 Å². The minimum atomic E-state index is 0.546. The fourth-order valence-electron chi connectivity index (χ4n) is 2.09. The van der Waals surface area contributed by atoms with Crippen LogP contribution in [0.5, 0.6) is 0 Å². The summed E-state index contributed by atoms with van der Waals surface area (Å²) in [7, 11) is 0. The van der Waals surface area contributed by atoms with E-state index in [0.29, 0.717) is 12.0 Å². The van der Waals surface area contributed by atoms with Gasteiger partial charge in [0.15, 0.2) is 0 Å². The summed E-state index contributed by atoms with van der Waals surface area (Å²) in [6, 6.07) is 0.585. The largest absolute Gasteiger partial charge is 0.367 e. The van der Waals surface area contributed by atoms with E-state index in [9.17, 15) is 0 Å². The molecule has 2 fully saturated rings. The number of nitrogens with zero attached hydrogens (tertiary/aromatic N) is 2. The number of nitrogens with one attached hydrogen (secondary N) is 2. The quantitative estimate of drug-likeness (QED) is 0.547. The summed E-state index contributed by atoms with van der Waals surface area (Å²) in [5, 5.41) is 3.50. The van der Waals surface area contributed by atoms with Crippen molar-refractivity contribution in [2.24, 2.45) is 5.84 Å². The van der Waals surface area contributed by atoms with E-state index in [1.165, 1.54) is 32.1 Å². The Hall–Kier alpha value is -1.36. The molecule has 1 aromatic heterocycles. The third-order valence-electron chi connectivity index (χ3n) is 3.69. The maximum atomic E-state index is 5.52. The second-order valence-corrected chi connectivity index (χ2v) is 5.09. The summed E-state index contributed by atoms with van der Waals surface area (Å²) in [5.74, 6) is 8.71. The van der Waals surface area contributed by atoms with E-state index < -0.39 is 0 Å². The van der Waals surface area contributed by atoms with Gasteiger partial charge in [-0.1, -0.05) is 0 Å². The number of nitrogen functional groups attached to an aromatic ring is 1. The summed E-state index contributed by atoms with van der Waals surface area (Å²) in [4.78, 5) is 9.12. The molecule has 0 amide bonds. The molecule has 0 unspecified atom stereocenters. The molecule has 2 aliphatic rings. The first kappa shape index (κ1) is 10.8. The lowest BCUT2D eigenvalue weighted by atomic mass is 9.93. The zero-order valence-electron chi connectivity index (χ0n) is 10.2. The van der Waals surface area contributed by atoms with Crippen LogP contribution in [-0.4, -0.2) is 16.0 Å². The molecule has 2 aliphatic carbocycles.